The second-order valence-corrected chi connectivity index (χ2v) is 11.0. The summed E-state index contributed by atoms with van der Waals surface area (Å²) in [4.78, 5) is 13.8. The number of phenols is 1. The van der Waals surface area contributed by atoms with Crippen LogP contribution in [0.4, 0.5) is 11.4 Å². The summed E-state index contributed by atoms with van der Waals surface area (Å²) in [5.74, 6) is 0.328. The normalized spacial score (nSPS) is 19.5. The highest BCUT2D eigenvalue weighted by atomic mass is 35.5. The van der Waals surface area contributed by atoms with Gasteiger partial charge in [-0.3, -0.25) is 4.79 Å². The van der Waals surface area contributed by atoms with Gasteiger partial charge in [0.05, 0.1) is 29.5 Å². The third-order valence-electron chi connectivity index (χ3n) is 7.16. The van der Waals surface area contributed by atoms with E-state index in [4.69, 9.17) is 16.3 Å². The highest BCUT2D eigenvalue weighted by Gasteiger charge is 2.36. The maximum absolute atomic E-state index is 13.8. The number of hydrogen-bond donors (Lipinski definition) is 3. The Morgan fingerprint density at radius 2 is 1.67 bits per heavy atom. The molecular weight excluding hydrogens is 472 g/mol. The molecule has 0 spiro atoms. The number of anilines is 2. The number of Topliss-reactive ketones (excluding diaryl/α,β-unsaturated/α-hetero) is 1. The number of carbonyl (C=O) groups is 1. The third-order valence-corrected chi connectivity index (χ3v) is 7.45. The second kappa shape index (κ2) is 9.21. The molecular formula is C30H31ClN2O3. The van der Waals surface area contributed by atoms with Gasteiger partial charge in [-0.15, -0.1) is 0 Å². The topological polar surface area (TPSA) is 70.6 Å². The molecule has 1 aliphatic carbocycles. The summed E-state index contributed by atoms with van der Waals surface area (Å²) >= 11 is 6.34. The Morgan fingerprint density at radius 1 is 0.972 bits per heavy atom. The highest BCUT2D eigenvalue weighted by Crippen LogP contribution is 2.46. The molecule has 0 bridgehead atoms. The first-order valence-electron chi connectivity index (χ1n) is 12.2. The maximum Gasteiger partial charge on any atom is 0.176 e. The quantitative estimate of drug-likeness (QED) is 0.349. The molecule has 1 aliphatic heterocycles. The van der Waals surface area contributed by atoms with Gasteiger partial charge in [-0.1, -0.05) is 68.8 Å². The van der Waals surface area contributed by atoms with Gasteiger partial charge in [0.1, 0.15) is 0 Å². The van der Waals surface area contributed by atoms with Crippen molar-refractivity contribution in [1.29, 1.82) is 0 Å². The van der Waals surface area contributed by atoms with Crippen molar-refractivity contribution in [1.82, 2.24) is 0 Å². The molecule has 5 rings (SSSR count). The van der Waals surface area contributed by atoms with Crippen molar-refractivity contribution < 1.29 is 14.6 Å². The Labute approximate surface area is 217 Å². The van der Waals surface area contributed by atoms with Crippen molar-refractivity contribution in [3.63, 3.8) is 0 Å². The number of benzene rings is 3. The summed E-state index contributed by atoms with van der Waals surface area (Å²) in [6.07, 6.45) is 1.14. The van der Waals surface area contributed by atoms with Gasteiger partial charge in [0.15, 0.2) is 17.3 Å². The van der Waals surface area contributed by atoms with Gasteiger partial charge >= 0.3 is 0 Å². The molecule has 5 nitrogen and oxygen atoms in total. The van der Waals surface area contributed by atoms with Crippen molar-refractivity contribution in [2.24, 2.45) is 0 Å². The minimum Gasteiger partial charge on any atom is -0.503 e. The van der Waals surface area contributed by atoms with Crippen LogP contribution in [0.3, 0.4) is 0 Å². The number of nitrogens with one attached hydrogen (secondary N) is 2. The summed E-state index contributed by atoms with van der Waals surface area (Å²) < 4.78 is 5.35. The number of halogens is 1. The van der Waals surface area contributed by atoms with E-state index < -0.39 is 6.04 Å². The minimum absolute atomic E-state index is 0.0779. The van der Waals surface area contributed by atoms with Crippen LogP contribution in [0.5, 0.6) is 11.5 Å². The van der Waals surface area contributed by atoms with E-state index >= 15 is 0 Å². The van der Waals surface area contributed by atoms with Gasteiger partial charge in [-0.25, -0.2) is 0 Å². The Bertz CT molecular complexity index is 1360. The van der Waals surface area contributed by atoms with E-state index in [1.165, 1.54) is 18.2 Å². The largest absolute Gasteiger partial charge is 0.503 e. The summed E-state index contributed by atoms with van der Waals surface area (Å²) in [7, 11) is 1.48. The first-order chi connectivity index (χ1) is 17.2. The minimum atomic E-state index is -0.445. The number of ether oxygens (including phenoxy) is 1. The van der Waals surface area contributed by atoms with E-state index in [-0.39, 0.29) is 33.6 Å². The van der Waals surface area contributed by atoms with Crippen LogP contribution in [0.25, 0.3) is 0 Å². The van der Waals surface area contributed by atoms with Gasteiger partial charge in [-0.2, -0.15) is 0 Å². The zero-order chi connectivity index (χ0) is 25.6. The summed E-state index contributed by atoms with van der Waals surface area (Å²) in [5.41, 5.74) is 6.67. The molecule has 0 amide bonds. The van der Waals surface area contributed by atoms with Crippen molar-refractivity contribution in [3.8, 4) is 11.5 Å². The number of rotatable bonds is 3. The van der Waals surface area contributed by atoms with Crippen molar-refractivity contribution in [2.75, 3.05) is 17.7 Å². The van der Waals surface area contributed by atoms with E-state index in [9.17, 15) is 9.90 Å². The Balaban J connectivity index is 1.58. The molecule has 0 radical (unpaired) electrons. The lowest BCUT2D eigenvalue weighted by Gasteiger charge is -2.30. The number of aromatic hydroxyl groups is 1. The summed E-state index contributed by atoms with van der Waals surface area (Å²) in [6, 6.07) is 19.6. The van der Waals surface area contributed by atoms with E-state index in [2.05, 4.69) is 55.7 Å². The highest BCUT2D eigenvalue weighted by molar-refractivity contribution is 6.32. The van der Waals surface area contributed by atoms with Crippen LogP contribution in [-0.4, -0.2) is 18.0 Å². The van der Waals surface area contributed by atoms with Crippen molar-refractivity contribution >= 4 is 28.8 Å². The molecule has 3 aromatic carbocycles. The Morgan fingerprint density at radius 3 is 2.33 bits per heavy atom. The van der Waals surface area contributed by atoms with E-state index in [1.807, 2.05) is 24.3 Å². The number of para-hydroxylation sites is 2. The van der Waals surface area contributed by atoms with Crippen LogP contribution in [-0.2, 0) is 10.2 Å². The third kappa shape index (κ3) is 4.44. The van der Waals surface area contributed by atoms with Crippen molar-refractivity contribution in [2.45, 2.75) is 51.0 Å². The zero-order valence-electron chi connectivity index (χ0n) is 21.0. The lowest BCUT2D eigenvalue weighted by atomic mass is 9.77. The average Bonchev–Trinajstić information content (AvgIpc) is 3.02. The number of allylic oxidation sites excluding steroid dienone is 1. The lowest BCUT2D eigenvalue weighted by molar-refractivity contribution is -0.116. The SMILES string of the molecule is COc1cc(C2Nc3ccccc3NC3=C2C(=O)CC(c2ccc(C(C)(C)C)cc2)C3)cc(Cl)c1O. The van der Waals surface area contributed by atoms with Crippen LogP contribution >= 0.6 is 11.6 Å². The van der Waals surface area contributed by atoms with Gasteiger partial charge in [0.2, 0.25) is 0 Å². The molecule has 36 heavy (non-hydrogen) atoms. The monoisotopic (exact) mass is 502 g/mol. The number of ketones is 1. The van der Waals surface area contributed by atoms with E-state index in [0.717, 1.165) is 22.6 Å². The number of fused-ring (bicyclic) bond motifs is 1. The van der Waals surface area contributed by atoms with E-state index in [0.29, 0.717) is 18.4 Å². The fourth-order valence-electron chi connectivity index (χ4n) is 5.15. The van der Waals surface area contributed by atoms with Gasteiger partial charge in [0.25, 0.3) is 0 Å². The molecule has 2 unspecified atom stereocenters. The number of carbonyl (C=O) groups excluding carboxylic acids is 1. The van der Waals surface area contributed by atoms with Crippen molar-refractivity contribution in [3.05, 3.63) is 93.6 Å². The molecule has 6 heteroatoms. The molecule has 2 atom stereocenters. The summed E-state index contributed by atoms with van der Waals surface area (Å²) in [5, 5.41) is 17.6. The molecule has 0 fully saturated rings. The summed E-state index contributed by atoms with van der Waals surface area (Å²) in [6.45, 7) is 6.61. The van der Waals surface area contributed by atoms with Crippen LogP contribution in [0.2, 0.25) is 5.02 Å². The first-order valence-corrected chi connectivity index (χ1v) is 12.6. The second-order valence-electron chi connectivity index (χ2n) is 10.6. The maximum atomic E-state index is 13.8. The fraction of sp³-hybridized carbons (Fsp3) is 0.300. The lowest BCUT2D eigenvalue weighted by Crippen LogP contribution is -2.27. The molecule has 2 aliphatic rings. The zero-order valence-corrected chi connectivity index (χ0v) is 21.7. The van der Waals surface area contributed by atoms with Crippen LogP contribution in [0.15, 0.2) is 71.9 Å². The average molecular weight is 503 g/mol. The standard InChI is InChI=1S/C30H31ClN2O3/c1-30(2,3)20-11-9-17(10-12-20)18-14-24-27(25(34)15-18)28(33-23-8-6-5-7-22(23)32-24)19-13-21(31)29(35)26(16-19)36-4/h5-13,16,18,28,32-33,35H,14-15H2,1-4H3. The molecule has 0 saturated carbocycles. The van der Waals surface area contributed by atoms with Crippen LogP contribution < -0.4 is 15.4 Å². The molecule has 3 aromatic rings. The number of phenolic OH excluding ortho intramolecular Hbond substituents is 1. The Kier molecular flexibility index (Phi) is 6.21. The predicted octanol–water partition coefficient (Wildman–Crippen LogP) is 7.33. The first kappa shape index (κ1) is 24.3. The van der Waals surface area contributed by atoms with E-state index in [1.54, 1.807) is 12.1 Å². The fourth-order valence-corrected chi connectivity index (χ4v) is 5.37. The predicted molar refractivity (Wildman–Crippen MR) is 145 cm³/mol. The van der Waals surface area contributed by atoms with Gasteiger partial charge < -0.3 is 20.5 Å². The Hall–Kier alpha value is -3.44. The molecule has 0 saturated heterocycles. The van der Waals surface area contributed by atoms with Gasteiger partial charge in [-0.05, 0) is 58.7 Å². The van der Waals surface area contributed by atoms with Crippen LogP contribution in [0, 0.1) is 0 Å². The van der Waals surface area contributed by atoms with Crippen LogP contribution in [0.1, 0.15) is 62.3 Å². The molecule has 1 heterocycles. The number of hydrogen-bond acceptors (Lipinski definition) is 5. The molecule has 186 valence electrons. The van der Waals surface area contributed by atoms with Gasteiger partial charge in [0, 0.05) is 17.7 Å². The molecule has 3 N–H and O–H groups in total. The smallest absolute Gasteiger partial charge is 0.176 e. The molecule has 0 aromatic heterocycles. The number of methoxy groups -OCH3 is 1.